The molecule has 0 radical (unpaired) electrons. The summed E-state index contributed by atoms with van der Waals surface area (Å²) in [6.45, 7) is 1.03. The summed E-state index contributed by atoms with van der Waals surface area (Å²) in [5, 5.41) is 0. The van der Waals surface area contributed by atoms with E-state index in [2.05, 4.69) is 15.0 Å². The maximum Gasteiger partial charge on any atom is 0.234 e. The van der Waals surface area contributed by atoms with Crippen LogP contribution in [-0.2, 0) is 10.8 Å². The summed E-state index contributed by atoms with van der Waals surface area (Å²) in [4.78, 5) is 14.7. The molecule has 3 aromatic rings. The van der Waals surface area contributed by atoms with Crippen molar-refractivity contribution in [3.8, 4) is 17.1 Å². The Morgan fingerprint density at radius 2 is 2.23 bits per heavy atom. The average molecular weight is 374 g/mol. The second kappa shape index (κ2) is 6.68. The Morgan fingerprint density at radius 1 is 1.38 bits per heavy atom. The third kappa shape index (κ3) is 3.05. The number of nitrogens with one attached hydrogen (secondary N) is 1. The lowest BCUT2D eigenvalue weighted by Crippen LogP contribution is -2.20. The number of aromatic nitrogens is 3. The van der Waals surface area contributed by atoms with Crippen molar-refractivity contribution < 1.29 is 13.3 Å². The molecule has 1 aromatic carbocycles. The van der Waals surface area contributed by atoms with Crippen LogP contribution < -0.4 is 9.64 Å². The highest BCUT2D eigenvalue weighted by Crippen LogP contribution is 2.35. The molecule has 2 aromatic heterocycles. The molecule has 1 aliphatic rings. The number of methoxy groups -OCH3 is 1. The van der Waals surface area contributed by atoms with Gasteiger partial charge >= 0.3 is 0 Å². The lowest BCUT2D eigenvalue weighted by atomic mass is 10.1. The predicted molar refractivity (Wildman–Crippen MR) is 99.9 cm³/mol. The number of hydrogen-bond donors (Lipinski definition) is 1. The number of alkyl halides is 1. The Labute approximate surface area is 152 Å². The van der Waals surface area contributed by atoms with E-state index in [1.807, 2.05) is 29.2 Å². The van der Waals surface area contributed by atoms with Gasteiger partial charge in [-0.15, -0.1) is 0 Å². The first-order valence-corrected chi connectivity index (χ1v) is 9.87. The second-order valence-corrected chi connectivity index (χ2v) is 7.67. The van der Waals surface area contributed by atoms with Gasteiger partial charge in [-0.05, 0) is 30.7 Å². The summed E-state index contributed by atoms with van der Waals surface area (Å²) in [7, 11) is 0.430. The maximum absolute atomic E-state index is 13.7. The molecule has 4 rings (SSSR count). The molecule has 1 aliphatic heterocycles. The van der Waals surface area contributed by atoms with Crippen molar-refractivity contribution in [2.75, 3.05) is 31.4 Å². The number of nitrogens with zero attached hydrogens (tertiary/aromatic N) is 3. The molecule has 0 amide bonds. The minimum atomic E-state index is -1.11. The SMILES string of the molecule is COc1cnc2cc(-c3cc([S@@](C)=O)ccc3N3CCC(F)C3)[nH]c2n1. The van der Waals surface area contributed by atoms with E-state index >= 15 is 0 Å². The first-order valence-electron chi connectivity index (χ1n) is 8.32. The third-order valence-corrected chi connectivity index (χ3v) is 5.50. The smallest absolute Gasteiger partial charge is 0.234 e. The number of hydrogen-bond acceptors (Lipinski definition) is 5. The number of H-pyrrole nitrogens is 1. The first kappa shape index (κ1) is 17.0. The molecule has 1 N–H and O–H groups in total. The van der Waals surface area contributed by atoms with Crippen molar-refractivity contribution >= 4 is 27.7 Å². The van der Waals surface area contributed by atoms with Crippen LogP contribution in [-0.4, -0.2) is 51.8 Å². The molecule has 136 valence electrons. The van der Waals surface area contributed by atoms with E-state index in [-0.39, 0.29) is 0 Å². The van der Waals surface area contributed by atoms with Crippen LogP contribution in [0.4, 0.5) is 10.1 Å². The van der Waals surface area contributed by atoms with Crippen molar-refractivity contribution in [2.45, 2.75) is 17.5 Å². The molecule has 1 saturated heterocycles. The Morgan fingerprint density at radius 3 is 2.92 bits per heavy atom. The number of benzene rings is 1. The van der Waals surface area contributed by atoms with Crippen LogP contribution in [0.25, 0.3) is 22.4 Å². The van der Waals surface area contributed by atoms with Crippen molar-refractivity contribution in [1.29, 1.82) is 0 Å². The largest absolute Gasteiger partial charge is 0.480 e. The van der Waals surface area contributed by atoms with Crippen LogP contribution in [0.5, 0.6) is 5.88 Å². The zero-order valence-corrected chi connectivity index (χ0v) is 15.3. The van der Waals surface area contributed by atoms with Crippen LogP contribution in [0.2, 0.25) is 0 Å². The summed E-state index contributed by atoms with van der Waals surface area (Å²) < 4.78 is 30.8. The average Bonchev–Trinajstić information content (AvgIpc) is 3.26. The number of fused-ring (bicyclic) bond motifs is 1. The predicted octanol–water partition coefficient (Wildman–Crippen LogP) is 2.92. The maximum atomic E-state index is 13.7. The van der Waals surface area contributed by atoms with Gasteiger partial charge in [-0.2, -0.15) is 4.98 Å². The Bertz CT molecular complexity index is 990. The minimum Gasteiger partial charge on any atom is -0.480 e. The van der Waals surface area contributed by atoms with Gasteiger partial charge in [0.05, 0.1) is 19.0 Å². The Balaban J connectivity index is 1.85. The first-order chi connectivity index (χ1) is 12.5. The molecule has 26 heavy (non-hydrogen) atoms. The standard InChI is InChI=1S/C18H19FN4O2S/c1-25-17-9-20-15-8-14(21-18(15)22-17)13-7-12(26(2)24)3-4-16(13)23-6-5-11(19)10-23/h3-4,7-9,11H,5-6,10H2,1-2H3,(H,21,22)/t11?,26-/m1/s1. The Hall–Kier alpha value is -2.48. The van der Waals surface area contributed by atoms with Gasteiger partial charge in [-0.1, -0.05) is 0 Å². The summed E-state index contributed by atoms with van der Waals surface area (Å²) in [6.07, 6.45) is 2.91. The van der Waals surface area contributed by atoms with E-state index in [4.69, 9.17) is 4.74 Å². The van der Waals surface area contributed by atoms with E-state index in [0.717, 1.165) is 21.8 Å². The van der Waals surface area contributed by atoms with Gasteiger partial charge in [0.2, 0.25) is 5.88 Å². The van der Waals surface area contributed by atoms with Crippen LogP contribution in [0.15, 0.2) is 35.4 Å². The van der Waals surface area contributed by atoms with E-state index in [0.29, 0.717) is 36.6 Å². The van der Waals surface area contributed by atoms with Gasteiger partial charge in [0.1, 0.15) is 11.7 Å². The van der Waals surface area contributed by atoms with Gasteiger partial charge in [-0.25, -0.2) is 9.37 Å². The molecule has 0 spiro atoms. The quantitative estimate of drug-likeness (QED) is 0.760. The van der Waals surface area contributed by atoms with Gasteiger partial charge < -0.3 is 14.6 Å². The van der Waals surface area contributed by atoms with Gasteiger partial charge in [0.15, 0.2) is 5.65 Å². The van der Waals surface area contributed by atoms with Crippen molar-refractivity contribution in [2.24, 2.45) is 0 Å². The molecule has 1 unspecified atom stereocenters. The second-order valence-electron chi connectivity index (χ2n) is 6.29. The van der Waals surface area contributed by atoms with Crippen LogP contribution in [0.3, 0.4) is 0 Å². The number of halogens is 1. The highest BCUT2D eigenvalue weighted by atomic mass is 32.2. The van der Waals surface area contributed by atoms with E-state index in [1.165, 1.54) is 0 Å². The molecular formula is C18H19FN4O2S. The normalized spacial score (nSPS) is 18.4. The summed E-state index contributed by atoms with van der Waals surface area (Å²) in [6, 6.07) is 7.53. The fraction of sp³-hybridized carbons (Fsp3) is 0.333. The topological polar surface area (TPSA) is 71.1 Å². The molecule has 1 fully saturated rings. The minimum absolute atomic E-state index is 0.367. The van der Waals surface area contributed by atoms with Crippen molar-refractivity contribution in [3.63, 3.8) is 0 Å². The molecule has 0 saturated carbocycles. The molecular weight excluding hydrogens is 355 g/mol. The third-order valence-electron chi connectivity index (χ3n) is 4.58. The van der Waals surface area contributed by atoms with Crippen LogP contribution in [0, 0.1) is 0 Å². The monoisotopic (exact) mass is 374 g/mol. The molecule has 3 heterocycles. The molecule has 2 atom stereocenters. The van der Waals surface area contributed by atoms with Gasteiger partial charge in [-0.3, -0.25) is 4.21 Å². The number of rotatable bonds is 4. The van der Waals surface area contributed by atoms with Gasteiger partial charge in [0.25, 0.3) is 0 Å². The Kier molecular flexibility index (Phi) is 4.36. The van der Waals surface area contributed by atoms with E-state index < -0.39 is 17.0 Å². The highest BCUT2D eigenvalue weighted by molar-refractivity contribution is 7.84. The lowest BCUT2D eigenvalue weighted by molar-refractivity contribution is 0.364. The fourth-order valence-corrected chi connectivity index (χ4v) is 3.79. The molecule has 8 heteroatoms. The lowest BCUT2D eigenvalue weighted by Gasteiger charge is -2.21. The van der Waals surface area contributed by atoms with Crippen LogP contribution >= 0.6 is 0 Å². The van der Waals surface area contributed by atoms with Crippen molar-refractivity contribution in [3.05, 3.63) is 30.5 Å². The fourth-order valence-electron chi connectivity index (χ4n) is 3.25. The van der Waals surface area contributed by atoms with Crippen LogP contribution in [0.1, 0.15) is 6.42 Å². The number of anilines is 1. The summed E-state index contributed by atoms with van der Waals surface area (Å²) in [5.41, 5.74) is 3.90. The summed E-state index contributed by atoms with van der Waals surface area (Å²) in [5.74, 6) is 0.425. The zero-order chi connectivity index (χ0) is 18.3. The van der Waals surface area contributed by atoms with E-state index in [1.54, 1.807) is 19.6 Å². The summed E-state index contributed by atoms with van der Waals surface area (Å²) >= 11 is 0. The van der Waals surface area contributed by atoms with E-state index in [9.17, 15) is 8.60 Å². The molecule has 0 aliphatic carbocycles. The highest BCUT2D eigenvalue weighted by Gasteiger charge is 2.25. The molecule has 6 nitrogen and oxygen atoms in total. The number of ether oxygens (including phenoxy) is 1. The number of aromatic amines is 1. The zero-order valence-electron chi connectivity index (χ0n) is 14.5. The van der Waals surface area contributed by atoms with Gasteiger partial charge in [0, 0.05) is 46.3 Å². The molecule has 0 bridgehead atoms. The van der Waals surface area contributed by atoms with Crippen molar-refractivity contribution in [1.82, 2.24) is 15.0 Å².